The summed E-state index contributed by atoms with van der Waals surface area (Å²) in [6, 6.07) is 5.27. The average molecular weight is 370 g/mol. The molecular weight excluding hydrogens is 356 g/mol. The summed E-state index contributed by atoms with van der Waals surface area (Å²) in [7, 11) is -3.41. The van der Waals surface area contributed by atoms with Crippen molar-refractivity contribution in [1.29, 1.82) is 0 Å². The fourth-order valence-corrected chi connectivity index (χ4v) is 3.51. The van der Waals surface area contributed by atoms with Crippen LogP contribution in [0.25, 0.3) is 5.82 Å². The van der Waals surface area contributed by atoms with Gasteiger partial charge < -0.3 is 10.2 Å². The number of carbonyl (C=O) groups is 1. The Labute approximate surface area is 149 Å². The van der Waals surface area contributed by atoms with Gasteiger partial charge in [0.25, 0.3) is 15.9 Å². The maximum absolute atomic E-state index is 12.4. The molecule has 2 aromatic rings. The SMILES string of the molecule is O=C(Nc1ccc(-n2cccn2)nc1)C1=CN2CCS(=O)(=O)N=C2C=C1. The fourth-order valence-electron chi connectivity index (χ4n) is 2.54. The highest BCUT2D eigenvalue weighted by molar-refractivity contribution is 7.90. The van der Waals surface area contributed by atoms with E-state index in [0.717, 1.165) is 0 Å². The number of fused-ring (bicyclic) bond motifs is 1. The Hall–Kier alpha value is -3.27. The van der Waals surface area contributed by atoms with Crippen LogP contribution in [-0.2, 0) is 14.8 Å². The van der Waals surface area contributed by atoms with Crippen molar-refractivity contribution in [3.05, 3.63) is 60.7 Å². The second-order valence-corrected chi connectivity index (χ2v) is 7.41. The number of aromatic nitrogens is 3. The topological polar surface area (TPSA) is 110 Å². The van der Waals surface area contributed by atoms with Crippen molar-refractivity contribution in [2.45, 2.75) is 0 Å². The van der Waals surface area contributed by atoms with Crippen LogP contribution in [0.4, 0.5) is 5.69 Å². The first-order valence-electron chi connectivity index (χ1n) is 7.77. The molecule has 0 bridgehead atoms. The van der Waals surface area contributed by atoms with E-state index in [2.05, 4.69) is 19.8 Å². The molecule has 0 saturated heterocycles. The number of amides is 1. The number of hydrogen-bond donors (Lipinski definition) is 1. The van der Waals surface area contributed by atoms with E-state index in [4.69, 9.17) is 0 Å². The lowest BCUT2D eigenvalue weighted by molar-refractivity contribution is -0.112. The third-order valence-electron chi connectivity index (χ3n) is 3.83. The molecule has 2 aliphatic heterocycles. The zero-order valence-electron chi connectivity index (χ0n) is 13.5. The van der Waals surface area contributed by atoms with Crippen molar-refractivity contribution < 1.29 is 13.2 Å². The summed E-state index contributed by atoms with van der Waals surface area (Å²) >= 11 is 0. The van der Waals surface area contributed by atoms with Gasteiger partial charge in [-0.1, -0.05) is 0 Å². The first-order chi connectivity index (χ1) is 12.5. The summed E-state index contributed by atoms with van der Waals surface area (Å²) in [6.45, 7) is 0.266. The van der Waals surface area contributed by atoms with Crippen LogP contribution in [-0.4, -0.2) is 52.1 Å². The highest BCUT2D eigenvalue weighted by Crippen LogP contribution is 2.17. The minimum atomic E-state index is -3.41. The molecule has 0 fully saturated rings. The van der Waals surface area contributed by atoms with Crippen molar-refractivity contribution in [3.8, 4) is 5.82 Å². The molecule has 2 aliphatic rings. The lowest BCUT2D eigenvalue weighted by Gasteiger charge is -2.26. The minimum Gasteiger partial charge on any atom is -0.330 e. The van der Waals surface area contributed by atoms with Gasteiger partial charge in [-0.25, -0.2) is 18.1 Å². The van der Waals surface area contributed by atoms with Crippen LogP contribution < -0.4 is 5.32 Å². The van der Waals surface area contributed by atoms with Crippen LogP contribution in [0.15, 0.2) is 65.1 Å². The average Bonchev–Trinajstić information content (AvgIpc) is 3.16. The van der Waals surface area contributed by atoms with Gasteiger partial charge in [-0.15, -0.1) is 4.40 Å². The number of pyridine rings is 1. The fraction of sp³-hybridized carbons (Fsp3) is 0.125. The Morgan fingerprint density at radius 3 is 2.85 bits per heavy atom. The molecule has 0 unspecified atom stereocenters. The maximum atomic E-state index is 12.4. The molecule has 4 rings (SSSR count). The van der Waals surface area contributed by atoms with Gasteiger partial charge in [0.15, 0.2) is 5.82 Å². The van der Waals surface area contributed by atoms with Crippen molar-refractivity contribution in [3.63, 3.8) is 0 Å². The van der Waals surface area contributed by atoms with Crippen molar-refractivity contribution in [2.75, 3.05) is 17.6 Å². The number of rotatable bonds is 3. The van der Waals surface area contributed by atoms with Gasteiger partial charge in [0.1, 0.15) is 5.84 Å². The monoisotopic (exact) mass is 370 g/mol. The minimum absolute atomic E-state index is 0.0749. The third-order valence-corrected chi connectivity index (χ3v) is 4.99. The molecule has 2 aromatic heterocycles. The first kappa shape index (κ1) is 16.2. The number of nitrogens with zero attached hydrogens (tertiary/aromatic N) is 5. The van der Waals surface area contributed by atoms with Crippen molar-refractivity contribution in [2.24, 2.45) is 4.40 Å². The zero-order chi connectivity index (χ0) is 18.1. The smallest absolute Gasteiger partial charge is 0.257 e. The Morgan fingerprint density at radius 2 is 2.12 bits per heavy atom. The molecule has 1 N–H and O–H groups in total. The Kier molecular flexibility index (Phi) is 3.88. The van der Waals surface area contributed by atoms with E-state index in [1.54, 1.807) is 52.6 Å². The summed E-state index contributed by atoms with van der Waals surface area (Å²) in [5, 5.41) is 6.85. The molecule has 9 nitrogen and oxygen atoms in total. The summed E-state index contributed by atoms with van der Waals surface area (Å²) in [6.07, 6.45) is 9.62. The van der Waals surface area contributed by atoms with Gasteiger partial charge in [-0.05, 0) is 30.4 Å². The summed E-state index contributed by atoms with van der Waals surface area (Å²) in [4.78, 5) is 18.3. The molecule has 10 heteroatoms. The lowest BCUT2D eigenvalue weighted by atomic mass is 10.1. The Balaban J connectivity index is 1.47. The number of hydrogen-bond acceptors (Lipinski definition) is 6. The molecule has 26 heavy (non-hydrogen) atoms. The molecule has 1 amide bonds. The number of carbonyl (C=O) groups excluding carboxylic acids is 1. The van der Waals surface area contributed by atoms with Gasteiger partial charge in [-0.3, -0.25) is 4.79 Å². The van der Waals surface area contributed by atoms with E-state index >= 15 is 0 Å². The van der Waals surface area contributed by atoms with Gasteiger partial charge >= 0.3 is 0 Å². The van der Waals surface area contributed by atoms with Crippen molar-refractivity contribution >= 4 is 27.5 Å². The zero-order valence-corrected chi connectivity index (χ0v) is 14.3. The number of anilines is 1. The third kappa shape index (κ3) is 3.26. The number of sulfonamides is 1. The van der Waals surface area contributed by atoms with Gasteiger partial charge in [0, 0.05) is 25.1 Å². The molecule has 0 aromatic carbocycles. The van der Waals surface area contributed by atoms with E-state index in [0.29, 0.717) is 22.9 Å². The molecule has 0 saturated carbocycles. The van der Waals surface area contributed by atoms with E-state index < -0.39 is 10.0 Å². The summed E-state index contributed by atoms with van der Waals surface area (Å²) in [5.74, 6) is 0.565. The molecule has 0 radical (unpaired) electrons. The van der Waals surface area contributed by atoms with E-state index in [9.17, 15) is 13.2 Å². The van der Waals surface area contributed by atoms with Crippen LogP contribution in [0, 0.1) is 0 Å². The second kappa shape index (κ2) is 6.23. The largest absolute Gasteiger partial charge is 0.330 e. The predicted octanol–water partition coefficient (Wildman–Crippen LogP) is 0.703. The maximum Gasteiger partial charge on any atom is 0.257 e. The number of amidine groups is 1. The summed E-state index contributed by atoms with van der Waals surface area (Å²) < 4.78 is 28.3. The van der Waals surface area contributed by atoms with Crippen LogP contribution in [0.2, 0.25) is 0 Å². The normalized spacial score (nSPS) is 17.9. The quantitative estimate of drug-likeness (QED) is 0.852. The summed E-state index contributed by atoms with van der Waals surface area (Å²) in [5.41, 5.74) is 0.945. The van der Waals surface area contributed by atoms with Crippen LogP contribution in [0.5, 0.6) is 0 Å². The highest BCUT2D eigenvalue weighted by atomic mass is 32.2. The number of nitrogens with one attached hydrogen (secondary N) is 1. The molecule has 132 valence electrons. The van der Waals surface area contributed by atoms with Crippen molar-refractivity contribution in [1.82, 2.24) is 19.7 Å². The second-order valence-electron chi connectivity index (χ2n) is 5.66. The first-order valence-corrected chi connectivity index (χ1v) is 9.38. The Bertz CT molecular complexity index is 1040. The molecule has 4 heterocycles. The predicted molar refractivity (Wildman–Crippen MR) is 95.1 cm³/mol. The molecular formula is C16H14N6O3S. The standard InChI is InChI=1S/C16H14N6O3S/c23-16(12-2-4-15-20-26(24,25)9-8-21(15)11-12)19-13-3-5-14(17-10-13)22-7-1-6-18-22/h1-7,10-11H,8-9H2,(H,19,23). The van der Waals surface area contributed by atoms with Crippen LogP contribution >= 0.6 is 0 Å². The molecule has 0 aliphatic carbocycles. The highest BCUT2D eigenvalue weighted by Gasteiger charge is 2.25. The van der Waals surface area contributed by atoms with Gasteiger partial charge in [-0.2, -0.15) is 5.10 Å². The van der Waals surface area contributed by atoms with Gasteiger partial charge in [0.2, 0.25) is 0 Å². The molecule has 0 atom stereocenters. The van der Waals surface area contributed by atoms with Crippen LogP contribution in [0.1, 0.15) is 0 Å². The lowest BCUT2D eigenvalue weighted by Crippen LogP contribution is -2.37. The van der Waals surface area contributed by atoms with E-state index in [1.807, 2.05) is 0 Å². The van der Waals surface area contributed by atoms with Gasteiger partial charge in [0.05, 0.1) is 23.2 Å². The van der Waals surface area contributed by atoms with Crippen LogP contribution in [0.3, 0.4) is 0 Å². The Morgan fingerprint density at radius 1 is 1.23 bits per heavy atom. The van der Waals surface area contributed by atoms with E-state index in [1.165, 1.54) is 12.2 Å². The van der Waals surface area contributed by atoms with E-state index in [-0.39, 0.29) is 18.2 Å². The molecule has 0 spiro atoms.